The highest BCUT2D eigenvalue weighted by Crippen LogP contribution is 2.40. The fourth-order valence-electron chi connectivity index (χ4n) is 2.61. The first-order chi connectivity index (χ1) is 12.4. The molecule has 0 aliphatic heterocycles. The molecular formula is C21H21F3O3. The maximum absolute atomic E-state index is 13.3. The van der Waals surface area contributed by atoms with Gasteiger partial charge in [0.2, 0.25) is 0 Å². The predicted molar refractivity (Wildman–Crippen MR) is 96.7 cm³/mol. The van der Waals surface area contributed by atoms with Crippen LogP contribution in [0.3, 0.4) is 0 Å². The van der Waals surface area contributed by atoms with Gasteiger partial charge < -0.3 is 14.6 Å². The quantitative estimate of drug-likeness (QED) is 0.780. The molecule has 0 aliphatic carbocycles. The number of terminal acetylenes is 1. The number of rotatable bonds is 4. The number of alkyl halides is 3. The van der Waals surface area contributed by atoms with Gasteiger partial charge in [-0.1, -0.05) is 24.1 Å². The Kier molecular flexibility index (Phi) is 5.48. The average Bonchev–Trinajstić information content (AvgIpc) is 2.59. The van der Waals surface area contributed by atoms with Gasteiger partial charge in [0.15, 0.2) is 5.60 Å². The van der Waals surface area contributed by atoms with Gasteiger partial charge >= 0.3 is 6.18 Å². The number of methoxy groups -OCH3 is 1. The van der Waals surface area contributed by atoms with Gasteiger partial charge in [-0.05, 0) is 45.0 Å². The Morgan fingerprint density at radius 2 is 1.52 bits per heavy atom. The second-order valence-electron chi connectivity index (χ2n) is 7.01. The summed E-state index contributed by atoms with van der Waals surface area (Å²) in [5.74, 6) is 2.41. The van der Waals surface area contributed by atoms with E-state index in [1.54, 1.807) is 12.1 Å². The molecule has 144 valence electrons. The normalized spacial score (nSPS) is 14.2. The molecule has 6 heteroatoms. The SMILES string of the molecule is C#CC(O)(c1ccc(OC(C)(C)C)cc1)c1ccc(OC)c(C(F)(F)F)c1. The van der Waals surface area contributed by atoms with Gasteiger partial charge in [-0.2, -0.15) is 13.2 Å². The zero-order valence-corrected chi connectivity index (χ0v) is 15.5. The molecule has 2 rings (SSSR count). The van der Waals surface area contributed by atoms with Gasteiger partial charge in [-0.15, -0.1) is 6.42 Å². The summed E-state index contributed by atoms with van der Waals surface area (Å²) in [6, 6.07) is 9.52. The summed E-state index contributed by atoms with van der Waals surface area (Å²) in [7, 11) is 1.14. The topological polar surface area (TPSA) is 38.7 Å². The van der Waals surface area contributed by atoms with Crippen LogP contribution in [0.2, 0.25) is 0 Å². The fourth-order valence-corrected chi connectivity index (χ4v) is 2.61. The molecule has 0 aromatic heterocycles. The van der Waals surface area contributed by atoms with Crippen molar-refractivity contribution in [3.05, 3.63) is 59.2 Å². The zero-order valence-electron chi connectivity index (χ0n) is 15.5. The minimum absolute atomic E-state index is 0.0809. The summed E-state index contributed by atoms with van der Waals surface area (Å²) in [5, 5.41) is 11.0. The second-order valence-corrected chi connectivity index (χ2v) is 7.01. The molecule has 3 nitrogen and oxygen atoms in total. The van der Waals surface area contributed by atoms with Crippen molar-refractivity contribution in [2.45, 2.75) is 38.1 Å². The van der Waals surface area contributed by atoms with Crippen molar-refractivity contribution in [3.63, 3.8) is 0 Å². The van der Waals surface area contributed by atoms with Gasteiger partial charge in [0.25, 0.3) is 0 Å². The van der Waals surface area contributed by atoms with E-state index in [4.69, 9.17) is 15.9 Å². The Morgan fingerprint density at radius 3 is 1.96 bits per heavy atom. The third-order valence-corrected chi connectivity index (χ3v) is 3.83. The van der Waals surface area contributed by atoms with E-state index in [0.29, 0.717) is 5.75 Å². The van der Waals surface area contributed by atoms with Crippen molar-refractivity contribution in [1.82, 2.24) is 0 Å². The van der Waals surface area contributed by atoms with Crippen LogP contribution in [-0.4, -0.2) is 17.8 Å². The summed E-state index contributed by atoms with van der Waals surface area (Å²) in [5.41, 5.74) is -3.29. The number of halogens is 3. The molecule has 0 fully saturated rings. The molecule has 2 aromatic rings. The maximum atomic E-state index is 13.3. The van der Waals surface area contributed by atoms with Crippen molar-refractivity contribution < 1.29 is 27.8 Å². The van der Waals surface area contributed by atoms with Crippen LogP contribution >= 0.6 is 0 Å². The first-order valence-corrected chi connectivity index (χ1v) is 8.16. The Bertz CT molecular complexity index is 843. The molecule has 1 unspecified atom stereocenters. The summed E-state index contributed by atoms with van der Waals surface area (Å²) >= 11 is 0. The van der Waals surface area contributed by atoms with Crippen molar-refractivity contribution in [2.75, 3.05) is 7.11 Å². The van der Waals surface area contributed by atoms with Crippen molar-refractivity contribution in [2.24, 2.45) is 0 Å². The highest BCUT2D eigenvalue weighted by molar-refractivity contribution is 5.49. The van der Waals surface area contributed by atoms with Crippen LogP contribution in [0.15, 0.2) is 42.5 Å². The smallest absolute Gasteiger partial charge is 0.419 e. The van der Waals surface area contributed by atoms with E-state index >= 15 is 0 Å². The summed E-state index contributed by atoms with van der Waals surface area (Å²) in [6.45, 7) is 5.65. The van der Waals surface area contributed by atoms with Crippen LogP contribution in [0.25, 0.3) is 0 Å². The third kappa shape index (κ3) is 4.55. The summed E-state index contributed by atoms with van der Waals surface area (Å²) in [6.07, 6.45) is 0.845. The lowest BCUT2D eigenvalue weighted by Gasteiger charge is -2.26. The van der Waals surface area contributed by atoms with Crippen LogP contribution in [0.1, 0.15) is 37.5 Å². The number of ether oxygens (including phenoxy) is 2. The molecule has 0 bridgehead atoms. The molecule has 0 radical (unpaired) electrons. The maximum Gasteiger partial charge on any atom is 0.419 e. The highest BCUT2D eigenvalue weighted by atomic mass is 19.4. The van der Waals surface area contributed by atoms with E-state index in [9.17, 15) is 18.3 Å². The molecule has 1 atom stereocenters. The van der Waals surface area contributed by atoms with Crippen LogP contribution in [0.4, 0.5) is 13.2 Å². The lowest BCUT2D eigenvalue weighted by Crippen LogP contribution is -2.26. The molecule has 0 saturated heterocycles. The number of benzene rings is 2. The first-order valence-electron chi connectivity index (χ1n) is 8.16. The molecule has 1 N–H and O–H groups in total. The fraction of sp³-hybridized carbons (Fsp3) is 0.333. The van der Waals surface area contributed by atoms with E-state index in [2.05, 4.69) is 5.92 Å². The van der Waals surface area contributed by atoms with Crippen LogP contribution < -0.4 is 9.47 Å². The van der Waals surface area contributed by atoms with Crippen LogP contribution in [-0.2, 0) is 11.8 Å². The lowest BCUT2D eigenvalue weighted by molar-refractivity contribution is -0.138. The van der Waals surface area contributed by atoms with E-state index in [-0.39, 0.29) is 16.9 Å². The predicted octanol–water partition coefficient (Wildman–Crippen LogP) is 4.76. The van der Waals surface area contributed by atoms with E-state index in [1.807, 2.05) is 20.8 Å². The van der Waals surface area contributed by atoms with Gasteiger partial charge in [0.05, 0.1) is 12.7 Å². The summed E-state index contributed by atoms with van der Waals surface area (Å²) in [4.78, 5) is 0. The number of hydrogen-bond acceptors (Lipinski definition) is 3. The standard InChI is InChI=1S/C21H21F3O3/c1-6-20(25,14-7-10-16(11-8-14)27-19(2,3)4)15-9-12-18(26-5)17(13-15)21(22,23)24/h1,7-13,25H,2-5H3. The van der Waals surface area contributed by atoms with E-state index < -0.39 is 22.9 Å². The minimum Gasteiger partial charge on any atom is -0.496 e. The lowest BCUT2D eigenvalue weighted by atomic mass is 9.86. The van der Waals surface area contributed by atoms with E-state index in [1.165, 1.54) is 18.2 Å². The highest BCUT2D eigenvalue weighted by Gasteiger charge is 2.38. The molecule has 0 aliphatic rings. The molecular weight excluding hydrogens is 357 g/mol. The van der Waals surface area contributed by atoms with E-state index in [0.717, 1.165) is 19.2 Å². The van der Waals surface area contributed by atoms with Crippen molar-refractivity contribution in [1.29, 1.82) is 0 Å². The molecule has 2 aromatic carbocycles. The third-order valence-electron chi connectivity index (χ3n) is 3.83. The number of hydrogen-bond donors (Lipinski definition) is 1. The number of aliphatic hydroxyl groups is 1. The van der Waals surface area contributed by atoms with Crippen LogP contribution in [0.5, 0.6) is 11.5 Å². The van der Waals surface area contributed by atoms with Gasteiger partial charge in [-0.3, -0.25) is 0 Å². The molecule has 0 spiro atoms. The molecule has 27 heavy (non-hydrogen) atoms. The Labute approximate surface area is 156 Å². The average molecular weight is 378 g/mol. The van der Waals surface area contributed by atoms with Gasteiger partial charge in [-0.25, -0.2) is 0 Å². The first kappa shape index (κ1) is 20.7. The van der Waals surface area contributed by atoms with Crippen LogP contribution in [0, 0.1) is 12.3 Å². The van der Waals surface area contributed by atoms with Gasteiger partial charge in [0, 0.05) is 11.1 Å². The molecule has 0 saturated carbocycles. The largest absolute Gasteiger partial charge is 0.496 e. The Morgan fingerprint density at radius 1 is 0.963 bits per heavy atom. The molecule has 0 amide bonds. The second kappa shape index (κ2) is 7.16. The van der Waals surface area contributed by atoms with Gasteiger partial charge in [0.1, 0.15) is 17.1 Å². The Hall–Kier alpha value is -2.65. The zero-order chi connectivity index (χ0) is 20.5. The Balaban J connectivity index is 2.50. The van der Waals surface area contributed by atoms with Crippen molar-refractivity contribution >= 4 is 0 Å². The van der Waals surface area contributed by atoms with Crippen molar-refractivity contribution in [3.8, 4) is 23.8 Å². The monoisotopic (exact) mass is 378 g/mol. The summed E-state index contributed by atoms with van der Waals surface area (Å²) < 4.78 is 50.3. The minimum atomic E-state index is -4.65. The molecule has 0 heterocycles.